The lowest BCUT2D eigenvalue weighted by molar-refractivity contribution is 0.119. The molecule has 4 nitrogen and oxygen atoms in total. The number of para-hydroxylation sites is 1. The first-order valence-electron chi connectivity index (χ1n) is 8.09. The van der Waals surface area contributed by atoms with Gasteiger partial charge >= 0.3 is 0 Å². The van der Waals surface area contributed by atoms with E-state index in [0.29, 0.717) is 18.6 Å². The highest BCUT2D eigenvalue weighted by Gasteiger charge is 2.19. The number of ether oxygens (including phenoxy) is 1. The van der Waals surface area contributed by atoms with Crippen LogP contribution < -0.4 is 15.8 Å². The van der Waals surface area contributed by atoms with Gasteiger partial charge in [0.25, 0.3) is 0 Å². The molecule has 0 aliphatic heterocycles. The standard InChI is InChI=1S/C19H23N3O/c1-14-9-11-16(12-10-14)22-19(20)21-13-15-5-2-3-8-18(15)23-17-6-4-7-17/h2-3,5,8-12,17H,4,6-7,13H2,1H3,(H3,20,21,22). The van der Waals surface area contributed by atoms with Gasteiger partial charge in [-0.15, -0.1) is 0 Å². The van der Waals surface area contributed by atoms with E-state index in [-0.39, 0.29) is 0 Å². The minimum atomic E-state index is 0.364. The normalized spacial score (nSPS) is 15.1. The molecule has 0 saturated heterocycles. The van der Waals surface area contributed by atoms with Crippen LogP contribution >= 0.6 is 0 Å². The van der Waals surface area contributed by atoms with Crippen LogP contribution in [0.5, 0.6) is 5.75 Å². The van der Waals surface area contributed by atoms with Crippen molar-refractivity contribution in [3.8, 4) is 5.75 Å². The van der Waals surface area contributed by atoms with E-state index in [2.05, 4.69) is 17.2 Å². The van der Waals surface area contributed by atoms with Crippen LogP contribution in [0.25, 0.3) is 0 Å². The molecule has 23 heavy (non-hydrogen) atoms. The Labute approximate surface area is 137 Å². The molecule has 0 bridgehead atoms. The molecule has 0 heterocycles. The largest absolute Gasteiger partial charge is 0.490 e. The molecule has 0 radical (unpaired) electrons. The highest BCUT2D eigenvalue weighted by Crippen LogP contribution is 2.27. The van der Waals surface area contributed by atoms with Gasteiger partial charge in [-0.2, -0.15) is 0 Å². The number of aliphatic imine (C=N–C) groups is 1. The first-order chi connectivity index (χ1) is 11.2. The predicted molar refractivity (Wildman–Crippen MR) is 94.8 cm³/mol. The minimum Gasteiger partial charge on any atom is -0.490 e. The zero-order valence-electron chi connectivity index (χ0n) is 13.5. The summed E-state index contributed by atoms with van der Waals surface area (Å²) in [6.07, 6.45) is 3.92. The van der Waals surface area contributed by atoms with Gasteiger partial charge in [0.2, 0.25) is 0 Å². The fourth-order valence-electron chi connectivity index (χ4n) is 2.41. The maximum Gasteiger partial charge on any atom is 0.193 e. The third kappa shape index (κ3) is 4.25. The van der Waals surface area contributed by atoms with Gasteiger partial charge in [-0.1, -0.05) is 35.9 Å². The van der Waals surface area contributed by atoms with Crippen LogP contribution in [-0.2, 0) is 6.54 Å². The molecule has 1 saturated carbocycles. The number of anilines is 1. The average molecular weight is 309 g/mol. The molecular formula is C19H23N3O. The number of aryl methyl sites for hydroxylation is 1. The number of hydrogen-bond donors (Lipinski definition) is 2. The summed E-state index contributed by atoms with van der Waals surface area (Å²) in [4.78, 5) is 4.43. The lowest BCUT2D eigenvalue weighted by Gasteiger charge is -2.27. The van der Waals surface area contributed by atoms with E-state index in [1.165, 1.54) is 12.0 Å². The Morgan fingerprint density at radius 2 is 1.91 bits per heavy atom. The second kappa shape index (κ2) is 7.18. The van der Waals surface area contributed by atoms with Gasteiger partial charge in [0, 0.05) is 11.3 Å². The van der Waals surface area contributed by atoms with E-state index in [9.17, 15) is 0 Å². The fraction of sp³-hybridized carbons (Fsp3) is 0.316. The maximum absolute atomic E-state index is 6.01. The van der Waals surface area contributed by atoms with Gasteiger partial charge in [0.05, 0.1) is 12.6 Å². The number of benzene rings is 2. The van der Waals surface area contributed by atoms with Crippen molar-refractivity contribution in [1.82, 2.24) is 0 Å². The van der Waals surface area contributed by atoms with Crippen molar-refractivity contribution in [2.75, 3.05) is 5.32 Å². The molecule has 0 amide bonds. The molecule has 2 aromatic carbocycles. The van der Waals surface area contributed by atoms with E-state index < -0.39 is 0 Å². The summed E-state index contributed by atoms with van der Waals surface area (Å²) in [5.41, 5.74) is 9.20. The lowest BCUT2D eigenvalue weighted by Crippen LogP contribution is -2.25. The Morgan fingerprint density at radius 3 is 2.61 bits per heavy atom. The van der Waals surface area contributed by atoms with E-state index in [1.807, 2.05) is 48.5 Å². The average Bonchev–Trinajstić information content (AvgIpc) is 2.52. The van der Waals surface area contributed by atoms with E-state index in [1.54, 1.807) is 0 Å². The molecule has 0 aromatic heterocycles. The number of hydrogen-bond acceptors (Lipinski definition) is 2. The molecule has 3 rings (SSSR count). The maximum atomic E-state index is 6.01. The fourth-order valence-corrected chi connectivity index (χ4v) is 2.41. The zero-order valence-corrected chi connectivity index (χ0v) is 13.5. The summed E-state index contributed by atoms with van der Waals surface area (Å²) in [6.45, 7) is 2.56. The smallest absolute Gasteiger partial charge is 0.193 e. The van der Waals surface area contributed by atoms with Crippen molar-refractivity contribution in [3.05, 3.63) is 59.7 Å². The van der Waals surface area contributed by atoms with Gasteiger partial charge in [-0.05, 0) is 44.4 Å². The predicted octanol–water partition coefficient (Wildman–Crippen LogP) is 3.85. The Balaban J connectivity index is 1.63. The molecule has 1 aliphatic carbocycles. The summed E-state index contributed by atoms with van der Waals surface area (Å²) in [7, 11) is 0. The molecule has 0 unspecified atom stereocenters. The number of nitrogens with zero attached hydrogens (tertiary/aromatic N) is 1. The molecule has 1 fully saturated rings. The molecule has 1 aliphatic rings. The van der Waals surface area contributed by atoms with Gasteiger partial charge in [-0.25, -0.2) is 4.99 Å². The monoisotopic (exact) mass is 309 g/mol. The first kappa shape index (κ1) is 15.4. The van der Waals surface area contributed by atoms with Crippen LogP contribution in [0.15, 0.2) is 53.5 Å². The summed E-state index contributed by atoms with van der Waals surface area (Å²) in [6, 6.07) is 16.1. The number of nitrogens with one attached hydrogen (secondary N) is 1. The van der Waals surface area contributed by atoms with Crippen LogP contribution in [0.3, 0.4) is 0 Å². The van der Waals surface area contributed by atoms with Crippen LogP contribution in [0.1, 0.15) is 30.4 Å². The Bertz CT molecular complexity index is 675. The molecule has 2 aromatic rings. The molecule has 0 spiro atoms. The Morgan fingerprint density at radius 1 is 1.17 bits per heavy atom. The topological polar surface area (TPSA) is 59.6 Å². The number of rotatable bonds is 5. The summed E-state index contributed by atoms with van der Waals surface area (Å²) >= 11 is 0. The van der Waals surface area contributed by atoms with Crippen molar-refractivity contribution >= 4 is 11.6 Å². The van der Waals surface area contributed by atoms with Gasteiger partial charge < -0.3 is 15.8 Å². The van der Waals surface area contributed by atoms with E-state index >= 15 is 0 Å². The van der Waals surface area contributed by atoms with Gasteiger partial charge in [-0.3, -0.25) is 0 Å². The zero-order chi connectivity index (χ0) is 16.1. The molecule has 3 N–H and O–H groups in total. The first-order valence-corrected chi connectivity index (χ1v) is 8.09. The summed E-state index contributed by atoms with van der Waals surface area (Å²) in [5.74, 6) is 1.33. The van der Waals surface area contributed by atoms with Crippen molar-refractivity contribution in [2.45, 2.75) is 38.8 Å². The van der Waals surface area contributed by atoms with Crippen LogP contribution in [0.4, 0.5) is 5.69 Å². The summed E-state index contributed by atoms with van der Waals surface area (Å²) < 4.78 is 6.01. The highest BCUT2D eigenvalue weighted by atomic mass is 16.5. The number of nitrogens with two attached hydrogens (primary N) is 1. The van der Waals surface area contributed by atoms with Crippen molar-refractivity contribution in [1.29, 1.82) is 0 Å². The van der Waals surface area contributed by atoms with Crippen LogP contribution in [-0.4, -0.2) is 12.1 Å². The van der Waals surface area contributed by atoms with Gasteiger partial charge in [0.1, 0.15) is 5.75 Å². The van der Waals surface area contributed by atoms with Crippen LogP contribution in [0, 0.1) is 6.92 Å². The van der Waals surface area contributed by atoms with Crippen molar-refractivity contribution < 1.29 is 4.74 Å². The molecule has 4 heteroatoms. The SMILES string of the molecule is Cc1ccc(NC(N)=NCc2ccccc2OC2CCC2)cc1. The third-order valence-corrected chi connectivity index (χ3v) is 4.06. The highest BCUT2D eigenvalue weighted by molar-refractivity contribution is 5.92. The second-order valence-corrected chi connectivity index (χ2v) is 5.97. The van der Waals surface area contributed by atoms with Crippen LogP contribution in [0.2, 0.25) is 0 Å². The third-order valence-electron chi connectivity index (χ3n) is 4.06. The summed E-state index contributed by atoms with van der Waals surface area (Å²) in [5, 5.41) is 3.11. The van der Waals surface area contributed by atoms with Crippen molar-refractivity contribution in [3.63, 3.8) is 0 Å². The number of guanidine groups is 1. The van der Waals surface area contributed by atoms with E-state index in [0.717, 1.165) is 29.8 Å². The van der Waals surface area contributed by atoms with E-state index in [4.69, 9.17) is 10.5 Å². The molecule has 120 valence electrons. The molecular weight excluding hydrogens is 286 g/mol. The quantitative estimate of drug-likeness (QED) is 0.651. The van der Waals surface area contributed by atoms with Crippen molar-refractivity contribution in [2.24, 2.45) is 10.7 Å². The minimum absolute atomic E-state index is 0.364. The van der Waals surface area contributed by atoms with Gasteiger partial charge in [0.15, 0.2) is 5.96 Å². The molecule has 0 atom stereocenters. The Kier molecular flexibility index (Phi) is 4.81. The second-order valence-electron chi connectivity index (χ2n) is 5.97. The lowest BCUT2D eigenvalue weighted by atomic mass is 9.96. The Hall–Kier alpha value is -2.49.